The summed E-state index contributed by atoms with van der Waals surface area (Å²) in [5, 5.41) is 2.91. The molecule has 1 aromatic carbocycles. The van der Waals surface area contributed by atoms with Crippen molar-refractivity contribution in [2.45, 2.75) is 25.4 Å². The van der Waals surface area contributed by atoms with E-state index in [1.807, 2.05) is 59.4 Å². The van der Waals surface area contributed by atoms with Crippen LogP contribution in [-0.2, 0) is 11.3 Å². The summed E-state index contributed by atoms with van der Waals surface area (Å²) >= 11 is 0. The Hall–Kier alpha value is -2.07. The SMILES string of the molecule is NC(CCC(=O)NCCn1cccc1)c1ccccc1. The Labute approximate surface area is 119 Å². The van der Waals surface area contributed by atoms with Gasteiger partial charge in [0, 0.05) is 37.9 Å². The summed E-state index contributed by atoms with van der Waals surface area (Å²) in [7, 11) is 0. The van der Waals surface area contributed by atoms with Gasteiger partial charge in [0.1, 0.15) is 0 Å². The van der Waals surface area contributed by atoms with E-state index in [1.54, 1.807) is 0 Å². The molecule has 2 aromatic rings. The average Bonchev–Trinajstić information content (AvgIpc) is 2.99. The van der Waals surface area contributed by atoms with Crippen LogP contribution < -0.4 is 11.1 Å². The smallest absolute Gasteiger partial charge is 0.220 e. The van der Waals surface area contributed by atoms with Crippen molar-refractivity contribution < 1.29 is 4.79 Å². The maximum Gasteiger partial charge on any atom is 0.220 e. The summed E-state index contributed by atoms with van der Waals surface area (Å²) in [5.41, 5.74) is 7.14. The third-order valence-electron chi connectivity index (χ3n) is 3.27. The molecule has 4 heteroatoms. The summed E-state index contributed by atoms with van der Waals surface area (Å²) in [4.78, 5) is 11.7. The van der Waals surface area contributed by atoms with Gasteiger partial charge in [-0.25, -0.2) is 0 Å². The molecule has 2 rings (SSSR count). The first-order valence-corrected chi connectivity index (χ1v) is 6.93. The van der Waals surface area contributed by atoms with Crippen molar-refractivity contribution in [3.05, 3.63) is 60.4 Å². The van der Waals surface area contributed by atoms with E-state index in [2.05, 4.69) is 5.32 Å². The number of benzene rings is 1. The highest BCUT2D eigenvalue weighted by Crippen LogP contribution is 2.14. The van der Waals surface area contributed by atoms with E-state index in [1.165, 1.54) is 0 Å². The second kappa shape index (κ2) is 7.50. The van der Waals surface area contributed by atoms with Crippen molar-refractivity contribution in [1.82, 2.24) is 9.88 Å². The maximum absolute atomic E-state index is 11.7. The lowest BCUT2D eigenvalue weighted by Crippen LogP contribution is -2.27. The standard InChI is InChI=1S/C16H21N3O/c17-15(14-6-2-1-3-7-14)8-9-16(20)18-10-13-19-11-4-5-12-19/h1-7,11-12,15H,8-10,13,17H2,(H,18,20). The quantitative estimate of drug-likeness (QED) is 0.810. The second-order valence-electron chi connectivity index (χ2n) is 4.83. The summed E-state index contributed by atoms with van der Waals surface area (Å²) in [5.74, 6) is 0.0588. The second-order valence-corrected chi connectivity index (χ2v) is 4.83. The fourth-order valence-corrected chi connectivity index (χ4v) is 2.09. The van der Waals surface area contributed by atoms with Crippen LogP contribution in [0.5, 0.6) is 0 Å². The van der Waals surface area contributed by atoms with E-state index in [9.17, 15) is 4.79 Å². The Kier molecular flexibility index (Phi) is 5.38. The Morgan fingerprint density at radius 3 is 2.55 bits per heavy atom. The van der Waals surface area contributed by atoms with Crippen molar-refractivity contribution in [2.75, 3.05) is 6.54 Å². The molecular weight excluding hydrogens is 250 g/mol. The molecule has 0 radical (unpaired) electrons. The number of hydrogen-bond donors (Lipinski definition) is 2. The van der Waals surface area contributed by atoms with Crippen molar-refractivity contribution in [1.29, 1.82) is 0 Å². The van der Waals surface area contributed by atoms with Gasteiger partial charge in [-0.15, -0.1) is 0 Å². The van der Waals surface area contributed by atoms with Gasteiger partial charge in [-0.2, -0.15) is 0 Å². The zero-order valence-electron chi connectivity index (χ0n) is 11.5. The van der Waals surface area contributed by atoms with Gasteiger partial charge >= 0.3 is 0 Å². The van der Waals surface area contributed by atoms with Gasteiger partial charge in [-0.3, -0.25) is 4.79 Å². The maximum atomic E-state index is 11.7. The molecule has 1 heterocycles. The van der Waals surface area contributed by atoms with Gasteiger partial charge in [-0.05, 0) is 24.1 Å². The molecule has 0 aliphatic carbocycles. The molecule has 0 saturated heterocycles. The molecule has 20 heavy (non-hydrogen) atoms. The summed E-state index contributed by atoms with van der Waals surface area (Å²) in [6, 6.07) is 13.7. The van der Waals surface area contributed by atoms with Crippen molar-refractivity contribution in [3.63, 3.8) is 0 Å². The monoisotopic (exact) mass is 271 g/mol. The molecule has 1 atom stereocenters. The number of carbonyl (C=O) groups is 1. The van der Waals surface area contributed by atoms with Crippen LogP contribution in [0.15, 0.2) is 54.9 Å². The molecule has 0 spiro atoms. The number of nitrogens with zero attached hydrogens (tertiary/aromatic N) is 1. The van der Waals surface area contributed by atoms with Crippen LogP contribution in [0.25, 0.3) is 0 Å². The fraction of sp³-hybridized carbons (Fsp3) is 0.312. The largest absolute Gasteiger partial charge is 0.354 e. The minimum atomic E-state index is -0.0774. The molecular formula is C16H21N3O. The van der Waals surface area contributed by atoms with Crippen LogP contribution >= 0.6 is 0 Å². The van der Waals surface area contributed by atoms with Crippen LogP contribution in [-0.4, -0.2) is 17.0 Å². The first-order valence-electron chi connectivity index (χ1n) is 6.93. The molecule has 4 nitrogen and oxygen atoms in total. The molecule has 3 N–H and O–H groups in total. The number of carbonyl (C=O) groups excluding carboxylic acids is 1. The molecule has 1 amide bonds. The number of aromatic nitrogens is 1. The first-order chi connectivity index (χ1) is 9.75. The summed E-state index contributed by atoms with van der Waals surface area (Å²) < 4.78 is 2.04. The summed E-state index contributed by atoms with van der Waals surface area (Å²) in [6.45, 7) is 1.44. The number of nitrogens with one attached hydrogen (secondary N) is 1. The van der Waals surface area contributed by atoms with Gasteiger partial charge in [0.2, 0.25) is 5.91 Å². The van der Waals surface area contributed by atoms with Gasteiger partial charge in [0.15, 0.2) is 0 Å². The zero-order valence-corrected chi connectivity index (χ0v) is 11.5. The van der Waals surface area contributed by atoms with Gasteiger partial charge in [0.05, 0.1) is 0 Å². The third-order valence-corrected chi connectivity index (χ3v) is 3.27. The number of rotatable bonds is 7. The summed E-state index contributed by atoms with van der Waals surface area (Å²) in [6.07, 6.45) is 5.09. The van der Waals surface area contributed by atoms with Crippen LogP contribution in [0, 0.1) is 0 Å². The van der Waals surface area contributed by atoms with Crippen molar-refractivity contribution >= 4 is 5.91 Å². The minimum Gasteiger partial charge on any atom is -0.354 e. The molecule has 0 bridgehead atoms. The molecule has 0 aliphatic heterocycles. The lowest BCUT2D eigenvalue weighted by atomic mass is 10.0. The van der Waals surface area contributed by atoms with Crippen LogP contribution in [0.3, 0.4) is 0 Å². The highest BCUT2D eigenvalue weighted by Gasteiger charge is 2.08. The Morgan fingerprint density at radius 2 is 1.85 bits per heavy atom. The van der Waals surface area contributed by atoms with E-state index < -0.39 is 0 Å². The Bertz CT molecular complexity index is 508. The number of hydrogen-bond acceptors (Lipinski definition) is 2. The lowest BCUT2D eigenvalue weighted by Gasteiger charge is -2.12. The van der Waals surface area contributed by atoms with Gasteiger partial charge in [-0.1, -0.05) is 30.3 Å². The third kappa shape index (κ3) is 4.55. The number of nitrogens with two attached hydrogens (primary N) is 1. The molecule has 1 aromatic heterocycles. The highest BCUT2D eigenvalue weighted by atomic mass is 16.1. The predicted molar refractivity (Wildman–Crippen MR) is 80.0 cm³/mol. The van der Waals surface area contributed by atoms with Crippen LogP contribution in [0.1, 0.15) is 24.4 Å². The topological polar surface area (TPSA) is 60.1 Å². The molecule has 106 valence electrons. The highest BCUT2D eigenvalue weighted by molar-refractivity contribution is 5.75. The van der Waals surface area contributed by atoms with E-state index in [0.717, 1.165) is 12.1 Å². The Morgan fingerprint density at radius 1 is 1.15 bits per heavy atom. The fourth-order valence-electron chi connectivity index (χ4n) is 2.09. The lowest BCUT2D eigenvalue weighted by molar-refractivity contribution is -0.121. The van der Waals surface area contributed by atoms with Crippen molar-refractivity contribution in [2.24, 2.45) is 5.73 Å². The minimum absolute atomic E-state index is 0.0588. The number of amides is 1. The Balaban J connectivity index is 1.65. The van der Waals surface area contributed by atoms with Crippen molar-refractivity contribution in [3.8, 4) is 0 Å². The van der Waals surface area contributed by atoms with E-state index in [0.29, 0.717) is 19.4 Å². The van der Waals surface area contributed by atoms with Crippen LogP contribution in [0.2, 0.25) is 0 Å². The molecule has 0 fully saturated rings. The molecule has 0 saturated carbocycles. The van der Waals surface area contributed by atoms with Gasteiger partial charge in [0.25, 0.3) is 0 Å². The van der Waals surface area contributed by atoms with E-state index in [4.69, 9.17) is 5.73 Å². The first kappa shape index (κ1) is 14.3. The zero-order chi connectivity index (χ0) is 14.2. The van der Waals surface area contributed by atoms with E-state index >= 15 is 0 Å². The van der Waals surface area contributed by atoms with Crippen LogP contribution in [0.4, 0.5) is 0 Å². The van der Waals surface area contributed by atoms with Gasteiger partial charge < -0.3 is 15.6 Å². The normalized spacial score (nSPS) is 12.1. The predicted octanol–water partition coefficient (Wildman–Crippen LogP) is 2.08. The van der Waals surface area contributed by atoms with E-state index in [-0.39, 0.29) is 11.9 Å². The molecule has 1 unspecified atom stereocenters. The molecule has 0 aliphatic rings. The average molecular weight is 271 g/mol.